The van der Waals surface area contributed by atoms with Crippen LogP contribution in [0.3, 0.4) is 0 Å². The highest BCUT2D eigenvalue weighted by Crippen LogP contribution is 2.20. The largest absolute Gasteiger partial charge is 0.343 e. The number of hydrogen-bond donors (Lipinski definition) is 2. The van der Waals surface area contributed by atoms with Crippen molar-refractivity contribution >= 4 is 10.0 Å². The Balaban J connectivity index is 2.31. The van der Waals surface area contributed by atoms with Crippen LogP contribution in [0.5, 0.6) is 0 Å². The molecule has 0 spiro atoms. The van der Waals surface area contributed by atoms with Crippen LogP contribution < -0.4 is 10.5 Å². The van der Waals surface area contributed by atoms with Crippen molar-refractivity contribution in [3.63, 3.8) is 0 Å². The summed E-state index contributed by atoms with van der Waals surface area (Å²) in [5, 5.41) is 3.48. The molecule has 2 rings (SSSR count). The molecule has 0 aliphatic rings. The SMILES string of the molecule is Cc1c(F)cc(CN)cc1S(=O)(=O)NCc1ncon1. The number of rotatable bonds is 5. The first kappa shape index (κ1) is 14.6. The second-order valence-electron chi connectivity index (χ2n) is 4.08. The van der Waals surface area contributed by atoms with Gasteiger partial charge in [-0.2, -0.15) is 4.98 Å². The minimum atomic E-state index is -3.89. The van der Waals surface area contributed by atoms with Gasteiger partial charge in [-0.25, -0.2) is 17.5 Å². The van der Waals surface area contributed by atoms with E-state index in [1.807, 2.05) is 0 Å². The first-order valence-corrected chi connectivity index (χ1v) is 7.16. The fraction of sp³-hybridized carbons (Fsp3) is 0.273. The molecular formula is C11H13FN4O3S. The Labute approximate surface area is 115 Å². The van der Waals surface area contributed by atoms with E-state index in [0.29, 0.717) is 5.56 Å². The van der Waals surface area contributed by atoms with Crippen LogP contribution in [0.2, 0.25) is 0 Å². The molecule has 1 aromatic heterocycles. The van der Waals surface area contributed by atoms with Gasteiger partial charge in [0, 0.05) is 12.1 Å². The van der Waals surface area contributed by atoms with Crippen molar-refractivity contribution < 1.29 is 17.3 Å². The zero-order chi connectivity index (χ0) is 14.8. The molecule has 0 saturated heterocycles. The summed E-state index contributed by atoms with van der Waals surface area (Å²) < 4.78 is 44.8. The maximum absolute atomic E-state index is 13.7. The maximum atomic E-state index is 13.7. The van der Waals surface area contributed by atoms with Crippen molar-refractivity contribution in [3.05, 3.63) is 41.3 Å². The van der Waals surface area contributed by atoms with Crippen LogP contribution in [-0.2, 0) is 23.1 Å². The standard InChI is InChI=1S/C11H13FN4O3S/c1-7-9(12)2-8(4-13)3-10(7)20(17,18)15-5-11-14-6-19-16-11/h2-3,6,15H,4-5,13H2,1H3. The van der Waals surface area contributed by atoms with Crippen molar-refractivity contribution in [1.29, 1.82) is 0 Å². The summed E-state index contributed by atoms with van der Waals surface area (Å²) in [4.78, 5) is 3.54. The number of nitrogens with zero attached hydrogens (tertiary/aromatic N) is 2. The number of aromatic nitrogens is 2. The minimum absolute atomic E-state index is 0.0304. The molecule has 1 heterocycles. The van der Waals surface area contributed by atoms with Crippen molar-refractivity contribution in [3.8, 4) is 0 Å². The smallest absolute Gasteiger partial charge is 0.241 e. The maximum Gasteiger partial charge on any atom is 0.241 e. The van der Waals surface area contributed by atoms with E-state index in [1.165, 1.54) is 19.1 Å². The van der Waals surface area contributed by atoms with Gasteiger partial charge in [0.15, 0.2) is 5.82 Å². The quantitative estimate of drug-likeness (QED) is 0.829. The molecule has 9 heteroatoms. The van der Waals surface area contributed by atoms with Crippen molar-refractivity contribution in [2.45, 2.75) is 24.9 Å². The van der Waals surface area contributed by atoms with E-state index >= 15 is 0 Å². The van der Waals surface area contributed by atoms with Gasteiger partial charge in [-0.05, 0) is 24.6 Å². The fourth-order valence-corrected chi connectivity index (χ4v) is 2.89. The highest BCUT2D eigenvalue weighted by atomic mass is 32.2. The van der Waals surface area contributed by atoms with Crippen LogP contribution in [0.1, 0.15) is 17.0 Å². The average Bonchev–Trinajstić information content (AvgIpc) is 2.92. The zero-order valence-electron chi connectivity index (χ0n) is 10.6. The molecule has 0 aliphatic heterocycles. The van der Waals surface area contributed by atoms with Crippen molar-refractivity contribution in [2.75, 3.05) is 0 Å². The molecular weight excluding hydrogens is 287 g/mol. The molecule has 0 radical (unpaired) electrons. The van der Waals surface area contributed by atoms with Crippen LogP contribution in [-0.4, -0.2) is 18.6 Å². The number of benzene rings is 1. The number of halogens is 1. The average molecular weight is 300 g/mol. The number of nitrogens with two attached hydrogens (primary N) is 1. The van der Waals surface area contributed by atoms with E-state index in [-0.39, 0.29) is 29.4 Å². The summed E-state index contributed by atoms with van der Waals surface area (Å²) in [6.07, 6.45) is 1.09. The van der Waals surface area contributed by atoms with Crippen LogP contribution in [0.4, 0.5) is 4.39 Å². The highest BCUT2D eigenvalue weighted by Gasteiger charge is 2.20. The Hall–Kier alpha value is -1.84. The lowest BCUT2D eigenvalue weighted by Gasteiger charge is -2.10. The van der Waals surface area contributed by atoms with Crippen LogP contribution in [0, 0.1) is 12.7 Å². The molecule has 7 nitrogen and oxygen atoms in total. The summed E-state index contributed by atoms with van der Waals surface area (Å²) in [6.45, 7) is 1.29. The summed E-state index contributed by atoms with van der Waals surface area (Å²) >= 11 is 0. The third-order valence-corrected chi connectivity index (χ3v) is 4.24. The van der Waals surface area contributed by atoms with E-state index in [2.05, 4.69) is 19.4 Å². The van der Waals surface area contributed by atoms with Gasteiger partial charge < -0.3 is 10.3 Å². The topological polar surface area (TPSA) is 111 Å². The van der Waals surface area contributed by atoms with Crippen LogP contribution in [0.25, 0.3) is 0 Å². The highest BCUT2D eigenvalue weighted by molar-refractivity contribution is 7.89. The molecule has 2 aromatic rings. The van der Waals surface area contributed by atoms with Gasteiger partial charge in [-0.15, -0.1) is 0 Å². The summed E-state index contributed by atoms with van der Waals surface area (Å²) in [5.41, 5.74) is 5.84. The monoisotopic (exact) mass is 300 g/mol. The van der Waals surface area contributed by atoms with Gasteiger partial charge in [0.05, 0.1) is 11.4 Å². The van der Waals surface area contributed by atoms with Crippen LogP contribution in [0.15, 0.2) is 27.9 Å². The fourth-order valence-electron chi connectivity index (χ4n) is 1.61. The molecule has 0 saturated carbocycles. The molecule has 1 aromatic carbocycles. The second-order valence-corrected chi connectivity index (χ2v) is 5.81. The van der Waals surface area contributed by atoms with Gasteiger partial charge >= 0.3 is 0 Å². The molecule has 3 N–H and O–H groups in total. The first-order valence-electron chi connectivity index (χ1n) is 5.68. The zero-order valence-corrected chi connectivity index (χ0v) is 11.4. The second kappa shape index (κ2) is 5.65. The molecule has 0 unspecified atom stereocenters. The van der Waals surface area contributed by atoms with E-state index in [0.717, 1.165) is 6.39 Å². The van der Waals surface area contributed by atoms with Gasteiger partial charge in [0.2, 0.25) is 16.4 Å². The van der Waals surface area contributed by atoms with Gasteiger partial charge in [0.1, 0.15) is 5.82 Å². The molecule has 0 atom stereocenters. The predicted octanol–water partition coefficient (Wildman–Crippen LogP) is 0.454. The molecule has 0 bridgehead atoms. The molecule has 108 valence electrons. The van der Waals surface area contributed by atoms with Gasteiger partial charge in [0.25, 0.3) is 0 Å². The van der Waals surface area contributed by atoms with Crippen molar-refractivity contribution in [1.82, 2.24) is 14.9 Å². The summed E-state index contributed by atoms with van der Waals surface area (Å²) in [5.74, 6) is -0.436. The molecule has 0 fully saturated rings. The third-order valence-electron chi connectivity index (χ3n) is 2.71. The Morgan fingerprint density at radius 3 is 2.80 bits per heavy atom. The first-order chi connectivity index (χ1) is 9.44. The normalized spacial score (nSPS) is 11.8. The number of nitrogens with one attached hydrogen (secondary N) is 1. The van der Waals surface area contributed by atoms with E-state index in [1.54, 1.807) is 0 Å². The lowest BCUT2D eigenvalue weighted by Crippen LogP contribution is -2.25. The summed E-state index contributed by atoms with van der Waals surface area (Å²) in [7, 11) is -3.89. The number of sulfonamides is 1. The van der Waals surface area contributed by atoms with Crippen LogP contribution >= 0.6 is 0 Å². The predicted molar refractivity (Wildman–Crippen MR) is 67.4 cm³/mol. The van der Waals surface area contributed by atoms with E-state index in [4.69, 9.17) is 5.73 Å². The van der Waals surface area contributed by atoms with Crippen molar-refractivity contribution in [2.24, 2.45) is 5.73 Å². The Morgan fingerprint density at radius 1 is 1.45 bits per heavy atom. The molecule has 20 heavy (non-hydrogen) atoms. The Bertz CT molecular complexity index is 701. The lowest BCUT2D eigenvalue weighted by molar-refractivity contribution is 0.409. The Kier molecular flexibility index (Phi) is 4.12. The number of hydrogen-bond acceptors (Lipinski definition) is 6. The molecule has 0 amide bonds. The van der Waals surface area contributed by atoms with E-state index < -0.39 is 15.8 Å². The Morgan fingerprint density at radius 2 is 2.20 bits per heavy atom. The van der Waals surface area contributed by atoms with Gasteiger partial charge in [-0.3, -0.25) is 0 Å². The summed E-state index contributed by atoms with van der Waals surface area (Å²) in [6, 6.07) is 2.56. The van der Waals surface area contributed by atoms with Gasteiger partial charge in [-0.1, -0.05) is 5.16 Å². The lowest BCUT2D eigenvalue weighted by atomic mass is 10.1. The van der Waals surface area contributed by atoms with E-state index in [9.17, 15) is 12.8 Å². The molecule has 0 aliphatic carbocycles. The minimum Gasteiger partial charge on any atom is -0.343 e. The third kappa shape index (κ3) is 3.00.